The Hall–Kier alpha value is -1.39. The Bertz CT molecular complexity index is 250. The molecule has 0 saturated heterocycles. The SMILES string of the molecule is C=C(CC(F)C(=O)OCC)C(=O)OCC. The molecule has 0 aromatic rings. The largest absolute Gasteiger partial charge is 0.464 e. The van der Waals surface area contributed by atoms with Gasteiger partial charge in [-0.2, -0.15) is 0 Å². The zero-order valence-corrected chi connectivity index (χ0v) is 8.92. The Morgan fingerprint density at radius 2 is 1.80 bits per heavy atom. The van der Waals surface area contributed by atoms with Crippen molar-refractivity contribution in [1.82, 2.24) is 0 Å². The summed E-state index contributed by atoms with van der Waals surface area (Å²) in [6.07, 6.45) is -2.25. The molecule has 0 rings (SSSR count). The zero-order valence-electron chi connectivity index (χ0n) is 8.92. The lowest BCUT2D eigenvalue weighted by molar-refractivity contribution is -0.149. The molecule has 0 aliphatic rings. The van der Waals surface area contributed by atoms with E-state index in [4.69, 9.17) is 0 Å². The van der Waals surface area contributed by atoms with E-state index in [-0.39, 0.29) is 18.8 Å². The smallest absolute Gasteiger partial charge is 0.341 e. The third-order valence-electron chi connectivity index (χ3n) is 1.53. The van der Waals surface area contributed by atoms with Gasteiger partial charge in [0.2, 0.25) is 6.17 Å². The van der Waals surface area contributed by atoms with Gasteiger partial charge in [0, 0.05) is 12.0 Å². The van der Waals surface area contributed by atoms with E-state index >= 15 is 0 Å². The second kappa shape index (κ2) is 6.98. The Kier molecular flexibility index (Phi) is 6.33. The molecule has 5 heteroatoms. The van der Waals surface area contributed by atoms with Crippen LogP contribution in [-0.4, -0.2) is 31.3 Å². The highest BCUT2D eigenvalue weighted by Crippen LogP contribution is 2.10. The van der Waals surface area contributed by atoms with Gasteiger partial charge in [0.05, 0.1) is 13.2 Å². The van der Waals surface area contributed by atoms with E-state index < -0.39 is 24.5 Å². The fourth-order valence-corrected chi connectivity index (χ4v) is 0.849. The van der Waals surface area contributed by atoms with Gasteiger partial charge < -0.3 is 9.47 Å². The normalized spacial score (nSPS) is 11.7. The van der Waals surface area contributed by atoms with Crippen molar-refractivity contribution in [3.63, 3.8) is 0 Å². The number of halogens is 1. The number of carbonyl (C=O) groups is 2. The number of carbonyl (C=O) groups excluding carboxylic acids is 2. The van der Waals surface area contributed by atoms with E-state index in [1.165, 1.54) is 0 Å². The molecule has 4 nitrogen and oxygen atoms in total. The van der Waals surface area contributed by atoms with Crippen LogP contribution in [0.15, 0.2) is 12.2 Å². The molecule has 0 heterocycles. The number of hydrogen-bond donors (Lipinski definition) is 0. The summed E-state index contributed by atoms with van der Waals surface area (Å²) < 4.78 is 22.1. The summed E-state index contributed by atoms with van der Waals surface area (Å²) in [6.45, 7) is 6.83. The van der Waals surface area contributed by atoms with Gasteiger partial charge in [-0.15, -0.1) is 0 Å². The molecule has 0 fully saturated rings. The molecule has 0 radical (unpaired) electrons. The predicted octanol–water partition coefficient (Wildman–Crippen LogP) is 1.40. The number of hydrogen-bond acceptors (Lipinski definition) is 4. The maximum absolute atomic E-state index is 13.1. The monoisotopic (exact) mass is 218 g/mol. The first-order valence-corrected chi connectivity index (χ1v) is 4.68. The van der Waals surface area contributed by atoms with Crippen LogP contribution in [0, 0.1) is 0 Å². The van der Waals surface area contributed by atoms with Crippen molar-refractivity contribution >= 4 is 11.9 Å². The highest BCUT2D eigenvalue weighted by Gasteiger charge is 2.22. The van der Waals surface area contributed by atoms with Crippen LogP contribution in [0.25, 0.3) is 0 Å². The lowest BCUT2D eigenvalue weighted by Crippen LogP contribution is -2.21. The minimum Gasteiger partial charge on any atom is -0.464 e. The van der Waals surface area contributed by atoms with E-state index in [1.807, 2.05) is 0 Å². The Labute approximate surface area is 88.0 Å². The quantitative estimate of drug-likeness (QED) is 0.499. The van der Waals surface area contributed by atoms with Crippen molar-refractivity contribution in [3.8, 4) is 0 Å². The zero-order chi connectivity index (χ0) is 11.8. The summed E-state index contributed by atoms with van der Waals surface area (Å²) in [5.74, 6) is -1.67. The molecule has 0 aromatic heterocycles. The van der Waals surface area contributed by atoms with Crippen LogP contribution in [0.1, 0.15) is 20.3 Å². The van der Waals surface area contributed by atoms with Crippen LogP contribution < -0.4 is 0 Å². The molecule has 1 unspecified atom stereocenters. The van der Waals surface area contributed by atoms with Gasteiger partial charge in [0.25, 0.3) is 0 Å². The molecule has 0 spiro atoms. The van der Waals surface area contributed by atoms with E-state index in [0.717, 1.165) is 0 Å². The van der Waals surface area contributed by atoms with Crippen molar-refractivity contribution < 1.29 is 23.5 Å². The van der Waals surface area contributed by atoms with Crippen LogP contribution in [0.2, 0.25) is 0 Å². The Balaban J connectivity index is 4.06. The van der Waals surface area contributed by atoms with Crippen molar-refractivity contribution in [2.24, 2.45) is 0 Å². The van der Waals surface area contributed by atoms with Crippen LogP contribution in [0.3, 0.4) is 0 Å². The summed E-state index contributed by atoms with van der Waals surface area (Å²) in [4.78, 5) is 21.9. The van der Waals surface area contributed by atoms with E-state index in [2.05, 4.69) is 16.1 Å². The maximum atomic E-state index is 13.1. The number of ether oxygens (including phenoxy) is 2. The van der Waals surface area contributed by atoms with Gasteiger partial charge >= 0.3 is 11.9 Å². The molecule has 15 heavy (non-hydrogen) atoms. The Morgan fingerprint density at radius 1 is 1.27 bits per heavy atom. The van der Waals surface area contributed by atoms with Crippen molar-refractivity contribution in [1.29, 1.82) is 0 Å². The molecule has 0 saturated carbocycles. The van der Waals surface area contributed by atoms with Crippen LogP contribution >= 0.6 is 0 Å². The third kappa shape index (κ3) is 5.15. The van der Waals surface area contributed by atoms with Gasteiger partial charge in [-0.3, -0.25) is 0 Å². The molecule has 0 aliphatic heterocycles. The molecule has 0 amide bonds. The minimum absolute atomic E-state index is 0.0718. The highest BCUT2D eigenvalue weighted by molar-refractivity contribution is 5.89. The first-order valence-electron chi connectivity index (χ1n) is 4.68. The number of esters is 2. The first-order chi connectivity index (χ1) is 7.02. The fourth-order valence-electron chi connectivity index (χ4n) is 0.849. The lowest BCUT2D eigenvalue weighted by atomic mass is 10.1. The first kappa shape index (κ1) is 13.6. The van der Waals surface area contributed by atoms with E-state index in [9.17, 15) is 14.0 Å². The topological polar surface area (TPSA) is 52.6 Å². The summed E-state index contributed by atoms with van der Waals surface area (Å²) in [6, 6.07) is 0. The minimum atomic E-state index is -1.86. The molecule has 0 aliphatic carbocycles. The third-order valence-corrected chi connectivity index (χ3v) is 1.53. The van der Waals surface area contributed by atoms with Crippen molar-refractivity contribution in [2.75, 3.05) is 13.2 Å². The second-order valence-corrected chi connectivity index (χ2v) is 2.75. The average Bonchev–Trinajstić information content (AvgIpc) is 2.18. The predicted molar refractivity (Wildman–Crippen MR) is 51.9 cm³/mol. The van der Waals surface area contributed by atoms with Gasteiger partial charge in [-0.05, 0) is 13.8 Å². The van der Waals surface area contributed by atoms with Crippen LogP contribution in [0.4, 0.5) is 4.39 Å². The Morgan fingerprint density at radius 3 is 2.27 bits per heavy atom. The maximum Gasteiger partial charge on any atom is 0.341 e. The highest BCUT2D eigenvalue weighted by atomic mass is 19.1. The lowest BCUT2D eigenvalue weighted by Gasteiger charge is -2.08. The number of rotatable bonds is 6. The number of alkyl halides is 1. The molecule has 86 valence electrons. The summed E-state index contributed by atoms with van der Waals surface area (Å²) in [7, 11) is 0. The average molecular weight is 218 g/mol. The van der Waals surface area contributed by atoms with Gasteiger partial charge in [0.1, 0.15) is 0 Å². The van der Waals surface area contributed by atoms with Gasteiger partial charge in [-0.25, -0.2) is 14.0 Å². The van der Waals surface area contributed by atoms with E-state index in [1.54, 1.807) is 13.8 Å². The van der Waals surface area contributed by atoms with E-state index in [0.29, 0.717) is 0 Å². The molecule has 1 atom stereocenters. The molecule has 0 aromatic carbocycles. The summed E-state index contributed by atoms with van der Waals surface area (Å²) in [5.41, 5.74) is -0.0718. The second-order valence-electron chi connectivity index (χ2n) is 2.75. The van der Waals surface area contributed by atoms with Gasteiger partial charge in [0.15, 0.2) is 0 Å². The van der Waals surface area contributed by atoms with Crippen LogP contribution in [-0.2, 0) is 19.1 Å². The fraction of sp³-hybridized carbons (Fsp3) is 0.600. The molecule has 0 N–H and O–H groups in total. The molecular formula is C10H15FO4. The van der Waals surface area contributed by atoms with Crippen LogP contribution in [0.5, 0.6) is 0 Å². The summed E-state index contributed by atoms with van der Waals surface area (Å²) in [5, 5.41) is 0. The van der Waals surface area contributed by atoms with Crippen molar-refractivity contribution in [2.45, 2.75) is 26.4 Å². The van der Waals surface area contributed by atoms with Gasteiger partial charge in [-0.1, -0.05) is 6.58 Å². The molecule has 0 bridgehead atoms. The summed E-state index contributed by atoms with van der Waals surface area (Å²) >= 11 is 0. The van der Waals surface area contributed by atoms with Crippen molar-refractivity contribution in [3.05, 3.63) is 12.2 Å². The standard InChI is InChI=1S/C10H15FO4/c1-4-14-9(12)7(3)6-8(11)10(13)15-5-2/h8H,3-6H2,1-2H3. The molecular weight excluding hydrogens is 203 g/mol.